The molecule has 0 spiro atoms. The van der Waals surface area contributed by atoms with Crippen LogP contribution in [0, 0.1) is 0 Å². The van der Waals surface area contributed by atoms with Crippen LogP contribution in [0.15, 0.2) is 0 Å². The Bertz CT molecular complexity index is 308. The maximum atomic E-state index is 10.8. The minimum atomic E-state index is -0.748. The summed E-state index contributed by atoms with van der Waals surface area (Å²) in [4.78, 5) is 21.7. The van der Waals surface area contributed by atoms with Crippen molar-refractivity contribution in [2.24, 2.45) is 0 Å². The summed E-state index contributed by atoms with van der Waals surface area (Å²) in [6.07, 6.45) is -0.0636. The minimum absolute atomic E-state index is 0.109. The summed E-state index contributed by atoms with van der Waals surface area (Å²) in [5.74, 6) is -0.528. The molecule has 0 heterocycles. The monoisotopic (exact) mass is 336 g/mol. The number of hydrogen-bond donors (Lipinski definition) is 1. The molecule has 0 aromatic carbocycles. The molecule has 0 aromatic rings. The topological polar surface area (TPSA) is 101 Å². The first-order valence-electron chi connectivity index (χ1n) is 7.82. The smallest absolute Gasteiger partial charge is 0.305 e. The SMILES string of the molecule is CCC(=O)OCCOCCOCC(O)COCCOC(=O)CC. The van der Waals surface area contributed by atoms with Gasteiger partial charge < -0.3 is 28.8 Å². The molecule has 0 rings (SSSR count). The predicted octanol–water partition coefficient (Wildman–Crippen LogP) is 0.304. The number of ether oxygens (including phenoxy) is 5. The average Bonchev–Trinajstić information content (AvgIpc) is 2.56. The van der Waals surface area contributed by atoms with Crippen molar-refractivity contribution in [3.63, 3.8) is 0 Å². The van der Waals surface area contributed by atoms with Gasteiger partial charge in [0.15, 0.2) is 0 Å². The number of carbonyl (C=O) groups is 2. The van der Waals surface area contributed by atoms with Gasteiger partial charge in [-0.1, -0.05) is 13.8 Å². The third-order valence-electron chi connectivity index (χ3n) is 2.55. The highest BCUT2D eigenvalue weighted by molar-refractivity contribution is 5.69. The lowest BCUT2D eigenvalue weighted by Gasteiger charge is -2.12. The molecule has 8 heteroatoms. The van der Waals surface area contributed by atoms with Crippen molar-refractivity contribution < 1.29 is 38.4 Å². The molecule has 0 fully saturated rings. The van der Waals surface area contributed by atoms with Gasteiger partial charge in [0.25, 0.3) is 0 Å². The lowest BCUT2D eigenvalue weighted by atomic mass is 10.4. The first-order chi connectivity index (χ1) is 11.1. The minimum Gasteiger partial charge on any atom is -0.463 e. The molecule has 23 heavy (non-hydrogen) atoms. The van der Waals surface area contributed by atoms with Crippen LogP contribution in [0.3, 0.4) is 0 Å². The third kappa shape index (κ3) is 15.4. The quantitative estimate of drug-likeness (QED) is 0.337. The van der Waals surface area contributed by atoms with Gasteiger partial charge in [-0.2, -0.15) is 0 Å². The van der Waals surface area contributed by atoms with Crippen molar-refractivity contribution in [1.82, 2.24) is 0 Å². The Hall–Kier alpha value is -1.22. The lowest BCUT2D eigenvalue weighted by molar-refractivity contribution is -0.146. The van der Waals surface area contributed by atoms with Gasteiger partial charge >= 0.3 is 11.9 Å². The van der Waals surface area contributed by atoms with Crippen LogP contribution in [0.5, 0.6) is 0 Å². The second-order valence-electron chi connectivity index (χ2n) is 4.56. The third-order valence-corrected chi connectivity index (χ3v) is 2.55. The standard InChI is InChI=1S/C15H28O8/c1-3-14(17)22-9-7-19-5-6-20-11-13(16)12-21-8-10-23-15(18)4-2/h13,16H,3-12H2,1-2H3. The number of rotatable bonds is 15. The van der Waals surface area contributed by atoms with E-state index in [0.717, 1.165) is 0 Å². The molecule has 0 saturated carbocycles. The van der Waals surface area contributed by atoms with Crippen molar-refractivity contribution in [2.75, 3.05) is 52.9 Å². The maximum absolute atomic E-state index is 10.8. The van der Waals surface area contributed by atoms with Gasteiger partial charge in [-0.3, -0.25) is 9.59 Å². The fourth-order valence-electron chi connectivity index (χ4n) is 1.34. The van der Waals surface area contributed by atoms with E-state index in [9.17, 15) is 14.7 Å². The number of aliphatic hydroxyl groups is 1. The van der Waals surface area contributed by atoms with Crippen LogP contribution in [-0.4, -0.2) is 76.0 Å². The van der Waals surface area contributed by atoms with E-state index >= 15 is 0 Å². The van der Waals surface area contributed by atoms with Crippen molar-refractivity contribution >= 4 is 11.9 Å². The second-order valence-corrected chi connectivity index (χ2v) is 4.56. The van der Waals surface area contributed by atoms with Gasteiger partial charge in [0.1, 0.15) is 19.3 Å². The Labute approximate surface area is 137 Å². The number of aliphatic hydroxyl groups excluding tert-OH is 1. The Morgan fingerprint density at radius 2 is 1.13 bits per heavy atom. The fraction of sp³-hybridized carbons (Fsp3) is 0.867. The fourth-order valence-corrected chi connectivity index (χ4v) is 1.34. The summed E-state index contributed by atoms with van der Waals surface area (Å²) in [5, 5.41) is 9.58. The number of carbonyl (C=O) groups excluding carboxylic acids is 2. The van der Waals surface area contributed by atoms with Crippen LogP contribution < -0.4 is 0 Å². The molecule has 0 saturated heterocycles. The van der Waals surface area contributed by atoms with E-state index < -0.39 is 6.10 Å². The van der Waals surface area contributed by atoms with Gasteiger partial charge in [0.2, 0.25) is 0 Å². The molecule has 0 radical (unpaired) electrons. The number of esters is 2. The van der Waals surface area contributed by atoms with Gasteiger partial charge in [-0.15, -0.1) is 0 Å². The lowest BCUT2D eigenvalue weighted by Crippen LogP contribution is -2.24. The first-order valence-corrected chi connectivity index (χ1v) is 7.82. The summed E-state index contributed by atoms with van der Waals surface area (Å²) in [7, 11) is 0. The Balaban J connectivity index is 3.25. The molecule has 1 unspecified atom stereocenters. The van der Waals surface area contributed by atoms with Gasteiger partial charge in [-0.05, 0) is 0 Å². The summed E-state index contributed by atoms with van der Waals surface area (Å²) in [6, 6.07) is 0. The van der Waals surface area contributed by atoms with Crippen LogP contribution in [0.4, 0.5) is 0 Å². The van der Waals surface area contributed by atoms with E-state index in [0.29, 0.717) is 32.7 Å². The summed E-state index contributed by atoms with van der Waals surface area (Å²) >= 11 is 0. The highest BCUT2D eigenvalue weighted by atomic mass is 16.6. The van der Waals surface area contributed by atoms with E-state index in [2.05, 4.69) is 0 Å². The Morgan fingerprint density at radius 1 is 0.739 bits per heavy atom. The van der Waals surface area contributed by atoms with E-state index in [-0.39, 0.29) is 45.0 Å². The molecule has 0 aromatic heterocycles. The molecule has 136 valence electrons. The molecule has 0 aliphatic heterocycles. The molecular weight excluding hydrogens is 308 g/mol. The van der Waals surface area contributed by atoms with Gasteiger partial charge in [0, 0.05) is 12.8 Å². The average molecular weight is 336 g/mol. The van der Waals surface area contributed by atoms with Crippen molar-refractivity contribution in [2.45, 2.75) is 32.8 Å². The Kier molecular flexibility index (Phi) is 14.8. The zero-order valence-electron chi connectivity index (χ0n) is 14.0. The van der Waals surface area contributed by atoms with Crippen LogP contribution in [0.25, 0.3) is 0 Å². The zero-order chi connectivity index (χ0) is 17.3. The maximum Gasteiger partial charge on any atom is 0.305 e. The highest BCUT2D eigenvalue weighted by Crippen LogP contribution is 1.91. The molecule has 0 aliphatic rings. The van der Waals surface area contributed by atoms with Crippen LogP contribution in [-0.2, 0) is 33.3 Å². The van der Waals surface area contributed by atoms with Gasteiger partial charge in [0.05, 0.1) is 39.6 Å². The molecule has 0 amide bonds. The predicted molar refractivity (Wildman–Crippen MR) is 81.0 cm³/mol. The Morgan fingerprint density at radius 3 is 1.61 bits per heavy atom. The molecule has 1 atom stereocenters. The highest BCUT2D eigenvalue weighted by Gasteiger charge is 2.05. The zero-order valence-corrected chi connectivity index (χ0v) is 14.0. The molecule has 8 nitrogen and oxygen atoms in total. The normalized spacial score (nSPS) is 12.0. The molecule has 0 aliphatic carbocycles. The van der Waals surface area contributed by atoms with E-state index in [1.165, 1.54) is 0 Å². The van der Waals surface area contributed by atoms with Gasteiger partial charge in [-0.25, -0.2) is 0 Å². The molecule has 1 N–H and O–H groups in total. The van der Waals surface area contributed by atoms with Crippen LogP contribution >= 0.6 is 0 Å². The first kappa shape index (κ1) is 21.8. The molecular formula is C15H28O8. The van der Waals surface area contributed by atoms with Crippen molar-refractivity contribution in [1.29, 1.82) is 0 Å². The van der Waals surface area contributed by atoms with E-state index in [1.807, 2.05) is 0 Å². The van der Waals surface area contributed by atoms with E-state index in [1.54, 1.807) is 13.8 Å². The largest absolute Gasteiger partial charge is 0.463 e. The molecule has 0 bridgehead atoms. The summed E-state index contributed by atoms with van der Waals surface area (Å²) in [5.41, 5.74) is 0. The summed E-state index contributed by atoms with van der Waals surface area (Å²) in [6.45, 7) is 5.31. The summed E-state index contributed by atoms with van der Waals surface area (Å²) < 4.78 is 25.2. The number of hydrogen-bond acceptors (Lipinski definition) is 8. The second kappa shape index (κ2) is 15.7. The van der Waals surface area contributed by atoms with Crippen LogP contribution in [0.1, 0.15) is 26.7 Å². The van der Waals surface area contributed by atoms with Crippen molar-refractivity contribution in [3.8, 4) is 0 Å². The van der Waals surface area contributed by atoms with Crippen molar-refractivity contribution in [3.05, 3.63) is 0 Å². The van der Waals surface area contributed by atoms with Crippen LogP contribution in [0.2, 0.25) is 0 Å². The van der Waals surface area contributed by atoms with E-state index in [4.69, 9.17) is 23.7 Å².